The minimum absolute atomic E-state index is 0.127. The van der Waals surface area contributed by atoms with Crippen LogP contribution in [-0.4, -0.2) is 30.8 Å². The van der Waals surface area contributed by atoms with Crippen LogP contribution in [0.25, 0.3) is 0 Å². The van der Waals surface area contributed by atoms with E-state index in [0.717, 1.165) is 30.4 Å². The Morgan fingerprint density at radius 1 is 1.35 bits per heavy atom. The maximum Gasteiger partial charge on any atom is 0.191 e. The highest BCUT2D eigenvalue weighted by Gasteiger charge is 2.01. The van der Waals surface area contributed by atoms with Crippen LogP contribution in [0.3, 0.4) is 0 Å². The van der Waals surface area contributed by atoms with Crippen LogP contribution in [-0.2, 0) is 5.75 Å². The predicted octanol–water partition coefficient (Wildman–Crippen LogP) is 3.02. The van der Waals surface area contributed by atoms with E-state index >= 15 is 0 Å². The highest BCUT2D eigenvalue weighted by Crippen LogP contribution is 2.14. The lowest BCUT2D eigenvalue weighted by atomic mass is 10.2. The molecular formula is C15H24FN3S. The molecule has 1 aromatic carbocycles. The van der Waals surface area contributed by atoms with Gasteiger partial charge in [0, 0.05) is 24.1 Å². The molecule has 1 rings (SSSR count). The Balaban J connectivity index is 2.30. The van der Waals surface area contributed by atoms with E-state index in [4.69, 9.17) is 0 Å². The molecule has 2 N–H and O–H groups in total. The monoisotopic (exact) mass is 297 g/mol. The van der Waals surface area contributed by atoms with E-state index in [1.165, 1.54) is 6.07 Å². The molecule has 0 spiro atoms. The summed E-state index contributed by atoms with van der Waals surface area (Å²) in [4.78, 5) is 4.49. The van der Waals surface area contributed by atoms with Crippen molar-refractivity contribution in [1.82, 2.24) is 10.6 Å². The first-order chi connectivity index (χ1) is 9.63. The molecule has 0 aliphatic rings. The van der Waals surface area contributed by atoms with E-state index in [1.807, 2.05) is 19.1 Å². The molecule has 0 saturated carbocycles. The fraction of sp³-hybridized carbons (Fsp3) is 0.533. The normalized spacial score (nSPS) is 11.8. The molecule has 0 saturated heterocycles. The van der Waals surface area contributed by atoms with Crippen molar-refractivity contribution in [1.29, 1.82) is 0 Å². The number of hydrogen-bond donors (Lipinski definition) is 2. The fourth-order valence-electron chi connectivity index (χ4n) is 1.61. The van der Waals surface area contributed by atoms with Gasteiger partial charge >= 0.3 is 0 Å². The number of guanidine groups is 1. The Hall–Kier alpha value is -1.23. The molecule has 0 aromatic heterocycles. The number of thioether (sulfide) groups is 1. The van der Waals surface area contributed by atoms with Crippen molar-refractivity contribution in [3.8, 4) is 0 Å². The molecule has 0 heterocycles. The minimum Gasteiger partial charge on any atom is -0.357 e. The van der Waals surface area contributed by atoms with Crippen LogP contribution in [0.2, 0.25) is 0 Å². The number of benzene rings is 1. The standard InChI is InChI=1S/C15H24FN3S/c1-4-17-15(19-12(2)3)18-9-10-20-11-13-7-5-6-8-14(13)16/h5-8,12H,4,9-11H2,1-3H3,(H2,17,18,19). The minimum atomic E-state index is -0.127. The van der Waals surface area contributed by atoms with E-state index < -0.39 is 0 Å². The first-order valence-corrected chi connectivity index (χ1v) is 8.15. The highest BCUT2D eigenvalue weighted by molar-refractivity contribution is 7.98. The summed E-state index contributed by atoms with van der Waals surface area (Å²) < 4.78 is 13.4. The third-order valence-electron chi connectivity index (χ3n) is 2.49. The molecule has 3 nitrogen and oxygen atoms in total. The van der Waals surface area contributed by atoms with Crippen LogP contribution >= 0.6 is 11.8 Å². The van der Waals surface area contributed by atoms with Crippen molar-refractivity contribution >= 4 is 17.7 Å². The molecule has 1 aromatic rings. The average Bonchev–Trinajstić information content (AvgIpc) is 2.40. The van der Waals surface area contributed by atoms with Crippen molar-refractivity contribution in [2.75, 3.05) is 18.8 Å². The van der Waals surface area contributed by atoms with Crippen molar-refractivity contribution < 1.29 is 4.39 Å². The molecule has 0 aliphatic heterocycles. The summed E-state index contributed by atoms with van der Waals surface area (Å²) in [7, 11) is 0. The summed E-state index contributed by atoms with van der Waals surface area (Å²) in [6.45, 7) is 7.78. The van der Waals surface area contributed by atoms with E-state index in [1.54, 1.807) is 17.8 Å². The first kappa shape index (κ1) is 16.8. The molecule has 20 heavy (non-hydrogen) atoms. The van der Waals surface area contributed by atoms with Crippen molar-refractivity contribution in [3.63, 3.8) is 0 Å². The zero-order valence-electron chi connectivity index (χ0n) is 12.4. The van der Waals surface area contributed by atoms with Crippen LogP contribution in [0, 0.1) is 5.82 Å². The number of nitrogens with zero attached hydrogens (tertiary/aromatic N) is 1. The summed E-state index contributed by atoms with van der Waals surface area (Å²) in [5.74, 6) is 2.28. The maximum absolute atomic E-state index is 13.4. The third-order valence-corrected chi connectivity index (χ3v) is 3.48. The third kappa shape index (κ3) is 6.80. The summed E-state index contributed by atoms with van der Waals surface area (Å²) in [5.41, 5.74) is 0.758. The summed E-state index contributed by atoms with van der Waals surface area (Å²) in [6.07, 6.45) is 0. The summed E-state index contributed by atoms with van der Waals surface area (Å²) in [6, 6.07) is 7.28. The van der Waals surface area contributed by atoms with Gasteiger partial charge < -0.3 is 10.6 Å². The van der Waals surface area contributed by atoms with Crippen molar-refractivity contribution in [3.05, 3.63) is 35.6 Å². The maximum atomic E-state index is 13.4. The molecule has 0 atom stereocenters. The van der Waals surface area contributed by atoms with E-state index in [9.17, 15) is 4.39 Å². The van der Waals surface area contributed by atoms with Crippen LogP contribution in [0.4, 0.5) is 4.39 Å². The smallest absolute Gasteiger partial charge is 0.191 e. The Labute approximate surface area is 125 Å². The number of hydrogen-bond acceptors (Lipinski definition) is 2. The Morgan fingerprint density at radius 3 is 2.75 bits per heavy atom. The molecule has 112 valence electrons. The SMILES string of the molecule is CCNC(=NCCSCc1ccccc1F)NC(C)C. The molecule has 0 radical (unpaired) electrons. The predicted molar refractivity (Wildman–Crippen MR) is 86.8 cm³/mol. The van der Waals surface area contributed by atoms with Gasteiger partial charge in [0.05, 0.1) is 6.54 Å². The van der Waals surface area contributed by atoms with Crippen LogP contribution in [0.15, 0.2) is 29.3 Å². The number of rotatable bonds is 7. The van der Waals surface area contributed by atoms with Gasteiger partial charge in [-0.15, -0.1) is 0 Å². The number of halogens is 1. The molecule has 0 amide bonds. The van der Waals surface area contributed by atoms with E-state index in [2.05, 4.69) is 29.5 Å². The topological polar surface area (TPSA) is 36.4 Å². The summed E-state index contributed by atoms with van der Waals surface area (Å²) in [5, 5.41) is 6.47. The van der Waals surface area contributed by atoms with Crippen molar-refractivity contribution in [2.45, 2.75) is 32.6 Å². The lowest BCUT2D eigenvalue weighted by Gasteiger charge is -2.13. The van der Waals surface area contributed by atoms with E-state index in [0.29, 0.717) is 11.8 Å². The summed E-state index contributed by atoms with van der Waals surface area (Å²) >= 11 is 1.70. The van der Waals surface area contributed by atoms with Gasteiger partial charge in [0.1, 0.15) is 5.82 Å². The van der Waals surface area contributed by atoms with Crippen LogP contribution in [0.5, 0.6) is 0 Å². The van der Waals surface area contributed by atoms with Crippen molar-refractivity contribution in [2.24, 2.45) is 4.99 Å². The van der Waals surface area contributed by atoms with E-state index in [-0.39, 0.29) is 5.82 Å². The number of nitrogens with one attached hydrogen (secondary N) is 2. The number of aliphatic imine (C=N–C) groups is 1. The van der Waals surface area contributed by atoms with Crippen LogP contribution in [0.1, 0.15) is 26.3 Å². The highest BCUT2D eigenvalue weighted by atomic mass is 32.2. The average molecular weight is 297 g/mol. The molecular weight excluding hydrogens is 273 g/mol. The Kier molecular flexibility index (Phi) is 8.11. The van der Waals surface area contributed by atoms with Gasteiger partial charge in [-0.05, 0) is 32.4 Å². The molecule has 5 heteroatoms. The van der Waals surface area contributed by atoms with Gasteiger partial charge in [-0.2, -0.15) is 11.8 Å². The van der Waals surface area contributed by atoms with Crippen LogP contribution < -0.4 is 10.6 Å². The zero-order valence-corrected chi connectivity index (χ0v) is 13.3. The largest absolute Gasteiger partial charge is 0.357 e. The first-order valence-electron chi connectivity index (χ1n) is 6.99. The lowest BCUT2D eigenvalue weighted by Crippen LogP contribution is -2.41. The zero-order chi connectivity index (χ0) is 14.8. The molecule has 0 bridgehead atoms. The Morgan fingerprint density at radius 2 is 2.10 bits per heavy atom. The van der Waals surface area contributed by atoms with Gasteiger partial charge in [0.15, 0.2) is 5.96 Å². The second kappa shape index (κ2) is 9.64. The second-order valence-electron chi connectivity index (χ2n) is 4.70. The molecule has 0 fully saturated rings. The molecule has 0 aliphatic carbocycles. The lowest BCUT2D eigenvalue weighted by molar-refractivity contribution is 0.617. The Bertz CT molecular complexity index is 421. The van der Waals surface area contributed by atoms with Gasteiger partial charge in [0.25, 0.3) is 0 Å². The second-order valence-corrected chi connectivity index (χ2v) is 5.81. The molecule has 0 unspecified atom stereocenters. The quantitative estimate of drug-likeness (QED) is 0.461. The van der Waals surface area contributed by atoms with Gasteiger partial charge in [-0.1, -0.05) is 18.2 Å². The van der Waals surface area contributed by atoms with Gasteiger partial charge in [-0.3, -0.25) is 4.99 Å². The fourth-order valence-corrected chi connectivity index (χ4v) is 2.43. The van der Waals surface area contributed by atoms with Gasteiger partial charge in [0.2, 0.25) is 0 Å². The van der Waals surface area contributed by atoms with Gasteiger partial charge in [-0.25, -0.2) is 4.39 Å².